The Morgan fingerprint density at radius 3 is 2.48 bits per heavy atom. The van der Waals surface area contributed by atoms with Crippen LogP contribution in [-0.2, 0) is 16.1 Å². The summed E-state index contributed by atoms with van der Waals surface area (Å²) < 4.78 is 5.36. The molecular weight excluding hydrogens is 318 g/mol. The molecule has 0 fully saturated rings. The molecule has 2 rings (SSSR count). The van der Waals surface area contributed by atoms with Gasteiger partial charge in [0, 0.05) is 12.1 Å². The zero-order valence-electron chi connectivity index (χ0n) is 14.4. The van der Waals surface area contributed by atoms with E-state index >= 15 is 0 Å². The Balaban J connectivity index is 1.84. The van der Waals surface area contributed by atoms with Crippen molar-refractivity contribution < 1.29 is 14.4 Å². The van der Waals surface area contributed by atoms with Gasteiger partial charge in [0.25, 0.3) is 5.91 Å². The molecule has 3 N–H and O–H groups in total. The predicted octanol–water partition coefficient (Wildman–Crippen LogP) is 2.94. The lowest BCUT2D eigenvalue weighted by Crippen LogP contribution is -2.27. The maximum Gasteiger partial charge on any atom is 0.267 e. The fourth-order valence-corrected chi connectivity index (χ4v) is 2.08. The van der Waals surface area contributed by atoms with Gasteiger partial charge in [0.2, 0.25) is 6.10 Å². The summed E-state index contributed by atoms with van der Waals surface area (Å²) in [7, 11) is 0. The fourth-order valence-electron chi connectivity index (χ4n) is 2.08. The topological polar surface area (TPSA) is 85.9 Å². The van der Waals surface area contributed by atoms with Crippen LogP contribution in [0.1, 0.15) is 19.4 Å². The molecule has 0 radical (unpaired) electrons. The molecule has 25 heavy (non-hydrogen) atoms. The van der Waals surface area contributed by atoms with Gasteiger partial charge in [0.1, 0.15) is 11.6 Å². The Hall–Kier alpha value is -3.02. The van der Waals surface area contributed by atoms with Gasteiger partial charge >= 0.3 is 0 Å². The van der Waals surface area contributed by atoms with Gasteiger partial charge in [-0.2, -0.15) is 0 Å². The number of carbonyl (C=O) groups excluding carboxylic acids is 1. The maximum atomic E-state index is 12.1. The van der Waals surface area contributed by atoms with E-state index < -0.39 is 6.10 Å². The van der Waals surface area contributed by atoms with Crippen LogP contribution in [0.2, 0.25) is 0 Å². The van der Waals surface area contributed by atoms with Crippen molar-refractivity contribution in [3.63, 3.8) is 0 Å². The number of carbonyl (C=O) groups is 1. The lowest BCUT2D eigenvalue weighted by Gasteiger charge is -2.12. The maximum absolute atomic E-state index is 12.1. The van der Waals surface area contributed by atoms with Crippen molar-refractivity contribution in [2.75, 3.05) is 11.9 Å². The Morgan fingerprint density at radius 1 is 1.16 bits per heavy atom. The van der Waals surface area contributed by atoms with Gasteiger partial charge in [-0.15, -0.1) is 0 Å². The summed E-state index contributed by atoms with van der Waals surface area (Å²) >= 11 is 0. The highest BCUT2D eigenvalue weighted by Gasteiger charge is 2.14. The SMILES string of the molecule is CCOc1ccc(NC(=O)C(C)O/N=C(/N)Cc2ccccc2)cc1. The van der Waals surface area contributed by atoms with Crippen molar-refractivity contribution >= 4 is 17.4 Å². The molecule has 0 aromatic heterocycles. The van der Waals surface area contributed by atoms with Crippen molar-refractivity contribution in [3.8, 4) is 5.75 Å². The minimum atomic E-state index is -0.763. The molecule has 132 valence electrons. The van der Waals surface area contributed by atoms with E-state index in [4.69, 9.17) is 15.3 Å². The van der Waals surface area contributed by atoms with Gasteiger partial charge < -0.3 is 20.6 Å². The second kappa shape index (κ2) is 9.32. The molecule has 1 amide bonds. The third-order valence-corrected chi connectivity index (χ3v) is 3.36. The summed E-state index contributed by atoms with van der Waals surface area (Å²) in [6.45, 7) is 4.13. The summed E-state index contributed by atoms with van der Waals surface area (Å²) in [6.07, 6.45) is -0.297. The minimum Gasteiger partial charge on any atom is -0.494 e. The molecule has 1 unspecified atom stereocenters. The predicted molar refractivity (Wildman–Crippen MR) is 98.6 cm³/mol. The van der Waals surface area contributed by atoms with Crippen LogP contribution >= 0.6 is 0 Å². The van der Waals surface area contributed by atoms with E-state index in [1.807, 2.05) is 37.3 Å². The number of ether oxygens (including phenoxy) is 1. The van der Waals surface area contributed by atoms with Crippen molar-refractivity contribution in [3.05, 3.63) is 60.2 Å². The molecule has 0 aliphatic carbocycles. The highest BCUT2D eigenvalue weighted by atomic mass is 16.6. The Morgan fingerprint density at radius 2 is 1.84 bits per heavy atom. The average molecular weight is 341 g/mol. The lowest BCUT2D eigenvalue weighted by molar-refractivity contribution is -0.126. The van der Waals surface area contributed by atoms with E-state index in [1.165, 1.54) is 0 Å². The smallest absolute Gasteiger partial charge is 0.267 e. The van der Waals surface area contributed by atoms with Crippen LogP contribution in [0, 0.1) is 0 Å². The van der Waals surface area contributed by atoms with Gasteiger partial charge in [-0.05, 0) is 43.7 Å². The van der Waals surface area contributed by atoms with E-state index in [0.29, 0.717) is 24.6 Å². The monoisotopic (exact) mass is 341 g/mol. The van der Waals surface area contributed by atoms with Crippen LogP contribution in [-0.4, -0.2) is 24.5 Å². The van der Waals surface area contributed by atoms with Gasteiger partial charge in [-0.3, -0.25) is 4.79 Å². The van der Waals surface area contributed by atoms with Crippen LogP contribution in [0.3, 0.4) is 0 Å². The van der Waals surface area contributed by atoms with Crippen LogP contribution in [0.4, 0.5) is 5.69 Å². The van der Waals surface area contributed by atoms with Crippen molar-refractivity contribution in [2.24, 2.45) is 10.9 Å². The van der Waals surface area contributed by atoms with Gasteiger partial charge in [0.05, 0.1) is 6.61 Å². The summed E-state index contributed by atoms with van der Waals surface area (Å²) in [5, 5.41) is 6.59. The van der Waals surface area contributed by atoms with Gasteiger partial charge in [-0.1, -0.05) is 35.5 Å². The average Bonchev–Trinajstić information content (AvgIpc) is 2.62. The third-order valence-electron chi connectivity index (χ3n) is 3.36. The number of rotatable bonds is 8. The Bertz CT molecular complexity index is 700. The van der Waals surface area contributed by atoms with Crippen LogP contribution < -0.4 is 15.8 Å². The summed E-state index contributed by atoms with van der Waals surface area (Å²) in [5.41, 5.74) is 7.52. The molecule has 6 nitrogen and oxygen atoms in total. The van der Waals surface area contributed by atoms with E-state index in [1.54, 1.807) is 31.2 Å². The second-order valence-electron chi connectivity index (χ2n) is 5.44. The molecule has 2 aromatic rings. The number of amides is 1. The Labute approximate surface area is 147 Å². The van der Waals surface area contributed by atoms with Crippen molar-refractivity contribution in [1.82, 2.24) is 0 Å². The van der Waals surface area contributed by atoms with Crippen LogP contribution in [0.5, 0.6) is 5.75 Å². The van der Waals surface area contributed by atoms with E-state index in [2.05, 4.69) is 10.5 Å². The van der Waals surface area contributed by atoms with E-state index in [9.17, 15) is 4.79 Å². The molecular formula is C19H23N3O3. The number of oxime groups is 1. The molecule has 0 bridgehead atoms. The summed E-state index contributed by atoms with van der Waals surface area (Å²) in [5.74, 6) is 0.760. The number of nitrogens with two attached hydrogens (primary N) is 1. The Kier molecular flexibility index (Phi) is 6.83. The zero-order valence-corrected chi connectivity index (χ0v) is 14.4. The number of hydrogen-bond acceptors (Lipinski definition) is 4. The zero-order chi connectivity index (χ0) is 18.1. The van der Waals surface area contributed by atoms with E-state index in [0.717, 1.165) is 11.3 Å². The number of amidine groups is 1. The highest BCUT2D eigenvalue weighted by molar-refractivity contribution is 5.94. The second-order valence-corrected chi connectivity index (χ2v) is 5.44. The first-order valence-corrected chi connectivity index (χ1v) is 8.14. The van der Waals surface area contributed by atoms with Crippen LogP contribution in [0.15, 0.2) is 59.8 Å². The number of nitrogens with zero attached hydrogens (tertiary/aromatic N) is 1. The molecule has 0 heterocycles. The first-order valence-electron chi connectivity index (χ1n) is 8.14. The lowest BCUT2D eigenvalue weighted by atomic mass is 10.1. The minimum absolute atomic E-state index is 0.305. The number of benzene rings is 2. The van der Waals surface area contributed by atoms with E-state index in [-0.39, 0.29) is 5.91 Å². The molecule has 1 atom stereocenters. The number of anilines is 1. The van der Waals surface area contributed by atoms with Gasteiger partial charge in [0.15, 0.2) is 0 Å². The third kappa shape index (κ3) is 6.18. The highest BCUT2D eigenvalue weighted by Crippen LogP contribution is 2.16. The number of nitrogens with one attached hydrogen (secondary N) is 1. The normalized spacial score (nSPS) is 12.3. The van der Waals surface area contributed by atoms with Crippen molar-refractivity contribution in [2.45, 2.75) is 26.4 Å². The molecule has 6 heteroatoms. The molecule has 0 saturated carbocycles. The first-order chi connectivity index (χ1) is 12.1. The molecule has 0 saturated heterocycles. The number of hydrogen-bond donors (Lipinski definition) is 2. The fraction of sp³-hybridized carbons (Fsp3) is 0.263. The summed E-state index contributed by atoms with van der Waals surface area (Å²) in [6, 6.07) is 16.8. The molecule has 0 aliphatic heterocycles. The standard InChI is InChI=1S/C19H23N3O3/c1-3-24-17-11-9-16(10-12-17)21-19(23)14(2)25-22-18(20)13-15-7-5-4-6-8-15/h4-12,14H,3,13H2,1-2H3,(H2,20,22)(H,21,23). The quantitative estimate of drug-likeness (QED) is 0.439. The summed E-state index contributed by atoms with van der Waals surface area (Å²) in [4.78, 5) is 17.3. The molecule has 0 spiro atoms. The van der Waals surface area contributed by atoms with Gasteiger partial charge in [-0.25, -0.2) is 0 Å². The van der Waals surface area contributed by atoms with Crippen molar-refractivity contribution in [1.29, 1.82) is 0 Å². The largest absolute Gasteiger partial charge is 0.494 e. The molecule has 2 aromatic carbocycles. The first kappa shape index (κ1) is 18.3. The van der Waals surface area contributed by atoms with Crippen LogP contribution in [0.25, 0.3) is 0 Å². The molecule has 0 aliphatic rings.